The topological polar surface area (TPSA) is 98.6 Å². The van der Waals surface area contributed by atoms with Gasteiger partial charge in [-0.05, 0) is 128 Å². The zero-order chi connectivity index (χ0) is 34.0. The van der Waals surface area contributed by atoms with E-state index in [9.17, 15) is 9.59 Å². The Bertz CT molecular complexity index is 1750. The molecule has 10 heteroatoms. The molecule has 2 aliphatic carbocycles. The molecule has 2 N–H and O–H groups in total. The van der Waals surface area contributed by atoms with Gasteiger partial charge in [-0.15, -0.1) is 0 Å². The van der Waals surface area contributed by atoms with E-state index < -0.39 is 5.41 Å². The summed E-state index contributed by atoms with van der Waals surface area (Å²) in [6.07, 6.45) is 14.4. The summed E-state index contributed by atoms with van der Waals surface area (Å²) in [6.45, 7) is 10.1. The Labute approximate surface area is 296 Å². The Morgan fingerprint density at radius 1 is 0.980 bits per heavy atom. The summed E-state index contributed by atoms with van der Waals surface area (Å²) in [6, 6.07) is 10.3. The molecule has 2 amide bonds. The van der Waals surface area contributed by atoms with Crippen molar-refractivity contribution in [3.05, 3.63) is 36.2 Å². The van der Waals surface area contributed by atoms with E-state index in [1.807, 2.05) is 6.33 Å². The number of nitrogens with one attached hydrogen (secondary N) is 2. The van der Waals surface area contributed by atoms with E-state index in [-0.39, 0.29) is 23.9 Å². The van der Waals surface area contributed by atoms with Gasteiger partial charge in [0.2, 0.25) is 11.8 Å². The third-order valence-electron chi connectivity index (χ3n) is 13.0. The van der Waals surface area contributed by atoms with Gasteiger partial charge in [0.1, 0.15) is 5.52 Å². The van der Waals surface area contributed by atoms with Crippen LogP contribution in [-0.4, -0.2) is 93.5 Å². The van der Waals surface area contributed by atoms with Crippen molar-refractivity contribution in [2.75, 3.05) is 49.5 Å². The van der Waals surface area contributed by atoms with Crippen LogP contribution in [0.25, 0.3) is 22.3 Å². The minimum atomic E-state index is -0.568. The van der Waals surface area contributed by atoms with Crippen LogP contribution < -0.4 is 15.5 Å². The van der Waals surface area contributed by atoms with Gasteiger partial charge in [0.05, 0.1) is 23.0 Å². The highest BCUT2D eigenvalue weighted by molar-refractivity contribution is 6.09. The lowest BCUT2D eigenvalue weighted by molar-refractivity contribution is -0.136. The number of carbonyl (C=O) groups is 2. The van der Waals surface area contributed by atoms with E-state index >= 15 is 0 Å². The molecule has 5 fully saturated rings. The number of imidazole rings is 1. The number of hydrogen-bond acceptors (Lipinski definition) is 7. The first kappa shape index (κ1) is 32.4. The Morgan fingerprint density at radius 2 is 1.74 bits per heavy atom. The smallest absolute Gasteiger partial charge is 0.238 e. The Balaban J connectivity index is 1.03. The molecule has 6 heterocycles. The second-order valence-electron chi connectivity index (χ2n) is 16.5. The normalized spacial score (nSPS) is 25.8. The molecular formula is C40H54N8O2. The quantitative estimate of drug-likeness (QED) is 0.308. The van der Waals surface area contributed by atoms with Crippen LogP contribution in [-0.2, 0) is 15.0 Å². The summed E-state index contributed by atoms with van der Waals surface area (Å²) < 4.78 is 2.21. The molecule has 3 saturated heterocycles. The average molecular weight is 679 g/mol. The summed E-state index contributed by atoms with van der Waals surface area (Å²) in [4.78, 5) is 45.3. The highest BCUT2D eigenvalue weighted by Gasteiger charge is 2.56. The lowest BCUT2D eigenvalue weighted by Crippen LogP contribution is -2.58. The van der Waals surface area contributed by atoms with Crippen LogP contribution in [0, 0.1) is 5.92 Å². The second-order valence-corrected chi connectivity index (χ2v) is 16.5. The van der Waals surface area contributed by atoms with Gasteiger partial charge in [-0.2, -0.15) is 0 Å². The average Bonchev–Trinajstić information content (AvgIpc) is 3.78. The van der Waals surface area contributed by atoms with Gasteiger partial charge in [-0.25, -0.2) is 9.97 Å². The standard InChI is InChI=1S/C40H54N8O2/c1-26(2)47-25-42-34-24-33(44-38(37(34)47)43-29-7-8-29)28-6-9-32-35(21-28)48(31-22-30(23-31)45-16-4-3-5-17-45)39(50)40(32)12-18-46(19-13-40)36(49)20-27-10-14-41-15-11-27/h6,9,21,24-27,29-31,41H,3-5,7-8,10-20,22-23H2,1-2H3,(H,43,44). The van der Waals surface area contributed by atoms with Crippen molar-refractivity contribution in [2.24, 2.45) is 5.92 Å². The number of rotatable bonds is 8. The molecule has 6 aliphatic rings. The molecule has 9 rings (SSSR count). The minimum Gasteiger partial charge on any atom is -0.366 e. The van der Waals surface area contributed by atoms with Crippen molar-refractivity contribution in [1.29, 1.82) is 0 Å². The molecule has 0 unspecified atom stereocenters. The molecule has 2 saturated carbocycles. The first-order valence-corrected chi connectivity index (χ1v) is 19.7. The summed E-state index contributed by atoms with van der Waals surface area (Å²) in [5.41, 5.74) is 5.58. The zero-order valence-electron chi connectivity index (χ0n) is 30.0. The molecule has 1 aromatic carbocycles. The Morgan fingerprint density at radius 3 is 2.46 bits per heavy atom. The van der Waals surface area contributed by atoms with Crippen molar-refractivity contribution in [2.45, 2.75) is 120 Å². The van der Waals surface area contributed by atoms with Gasteiger partial charge in [0.15, 0.2) is 5.82 Å². The number of anilines is 2. The summed E-state index contributed by atoms with van der Waals surface area (Å²) in [5.74, 6) is 1.90. The maximum absolute atomic E-state index is 14.9. The predicted octanol–water partition coefficient (Wildman–Crippen LogP) is 5.87. The molecular weight excluding hydrogens is 624 g/mol. The van der Waals surface area contributed by atoms with Gasteiger partial charge in [0, 0.05) is 54.9 Å². The first-order chi connectivity index (χ1) is 24.4. The number of carbonyl (C=O) groups excluding carboxylic acids is 2. The van der Waals surface area contributed by atoms with Crippen molar-refractivity contribution in [3.8, 4) is 11.3 Å². The number of likely N-dealkylation sites (tertiary alicyclic amines) is 2. The van der Waals surface area contributed by atoms with Crippen LogP contribution in [0.15, 0.2) is 30.6 Å². The van der Waals surface area contributed by atoms with Crippen LogP contribution in [0.2, 0.25) is 0 Å². The second kappa shape index (κ2) is 12.9. The SMILES string of the molecule is CC(C)n1cnc2cc(-c3ccc4c(c3)N(C3CC(N5CCCCC5)C3)C(=O)C43CCN(C(=O)CC4CCNCC4)CC3)nc(NC3CC3)c21. The number of benzene rings is 1. The molecule has 2 aromatic heterocycles. The minimum absolute atomic E-state index is 0.214. The van der Waals surface area contributed by atoms with E-state index in [4.69, 9.17) is 9.97 Å². The number of fused-ring (bicyclic) bond motifs is 3. The number of piperidine rings is 3. The fourth-order valence-electron chi connectivity index (χ4n) is 9.67. The molecule has 266 valence electrons. The molecule has 50 heavy (non-hydrogen) atoms. The molecule has 3 aromatic rings. The summed E-state index contributed by atoms with van der Waals surface area (Å²) in [5, 5.41) is 7.12. The molecule has 0 bridgehead atoms. The largest absolute Gasteiger partial charge is 0.366 e. The number of nitrogens with zero attached hydrogens (tertiary/aromatic N) is 6. The third-order valence-corrected chi connectivity index (χ3v) is 13.0. The van der Waals surface area contributed by atoms with Gasteiger partial charge < -0.3 is 29.9 Å². The van der Waals surface area contributed by atoms with E-state index in [1.165, 1.54) is 45.2 Å². The van der Waals surface area contributed by atoms with Crippen LogP contribution in [0.1, 0.15) is 103 Å². The number of hydrogen-bond donors (Lipinski definition) is 2. The van der Waals surface area contributed by atoms with E-state index in [0.717, 1.165) is 78.1 Å². The highest BCUT2D eigenvalue weighted by Crippen LogP contribution is 2.52. The fourth-order valence-corrected chi connectivity index (χ4v) is 9.67. The zero-order valence-corrected chi connectivity index (χ0v) is 30.0. The Kier molecular flexibility index (Phi) is 8.38. The summed E-state index contributed by atoms with van der Waals surface area (Å²) in [7, 11) is 0. The van der Waals surface area contributed by atoms with Gasteiger partial charge >= 0.3 is 0 Å². The van der Waals surface area contributed by atoms with Crippen molar-refractivity contribution in [3.63, 3.8) is 0 Å². The fraction of sp³-hybridized carbons (Fsp3) is 0.650. The van der Waals surface area contributed by atoms with Crippen LogP contribution in [0.4, 0.5) is 11.5 Å². The highest BCUT2D eigenvalue weighted by atomic mass is 16.2. The van der Waals surface area contributed by atoms with Crippen molar-refractivity contribution in [1.82, 2.24) is 29.7 Å². The molecule has 4 aliphatic heterocycles. The van der Waals surface area contributed by atoms with E-state index in [1.54, 1.807) is 0 Å². The van der Waals surface area contributed by atoms with E-state index in [2.05, 4.69) is 68.0 Å². The molecule has 0 radical (unpaired) electrons. The maximum atomic E-state index is 14.9. The number of amides is 2. The molecule has 1 spiro atoms. The monoisotopic (exact) mass is 678 g/mol. The van der Waals surface area contributed by atoms with Gasteiger partial charge in [-0.3, -0.25) is 9.59 Å². The predicted molar refractivity (Wildman–Crippen MR) is 197 cm³/mol. The molecule has 0 atom stereocenters. The first-order valence-electron chi connectivity index (χ1n) is 19.7. The third kappa shape index (κ3) is 5.70. The lowest BCUT2D eigenvalue weighted by Gasteiger charge is -2.48. The van der Waals surface area contributed by atoms with Crippen LogP contribution in [0.5, 0.6) is 0 Å². The molecule has 10 nitrogen and oxygen atoms in total. The van der Waals surface area contributed by atoms with Crippen molar-refractivity contribution >= 4 is 34.4 Å². The maximum Gasteiger partial charge on any atom is 0.238 e. The Hall–Kier alpha value is -3.50. The van der Waals surface area contributed by atoms with E-state index in [0.29, 0.717) is 50.4 Å². The lowest BCUT2D eigenvalue weighted by atomic mass is 9.73. The van der Waals surface area contributed by atoms with Gasteiger partial charge in [0.25, 0.3) is 0 Å². The van der Waals surface area contributed by atoms with Crippen molar-refractivity contribution < 1.29 is 9.59 Å². The van der Waals surface area contributed by atoms with Crippen LogP contribution >= 0.6 is 0 Å². The number of pyridine rings is 1. The number of aromatic nitrogens is 3. The van der Waals surface area contributed by atoms with Crippen LogP contribution in [0.3, 0.4) is 0 Å². The summed E-state index contributed by atoms with van der Waals surface area (Å²) >= 11 is 0. The van der Waals surface area contributed by atoms with Gasteiger partial charge in [-0.1, -0.05) is 18.6 Å².